The van der Waals surface area contributed by atoms with E-state index in [-0.39, 0.29) is 29.5 Å². The van der Waals surface area contributed by atoms with Crippen molar-refractivity contribution < 1.29 is 74.6 Å². The summed E-state index contributed by atoms with van der Waals surface area (Å²) in [7, 11) is 0. The van der Waals surface area contributed by atoms with E-state index in [1.54, 1.807) is 0 Å². The summed E-state index contributed by atoms with van der Waals surface area (Å²) in [5, 5.41) is 0. The quantitative estimate of drug-likeness (QED) is 0.178. The molecule has 0 fully saturated rings. The number of rotatable bonds is 7. The highest BCUT2D eigenvalue weighted by atomic mass is 127. The first-order chi connectivity index (χ1) is 11.7. The molecule has 0 rings (SSSR count). The lowest BCUT2D eigenvalue weighted by Gasteiger charge is -2.43. The molecule has 0 aromatic heterocycles. The third kappa shape index (κ3) is 3.27. The Morgan fingerprint density at radius 1 is 0.429 bits per heavy atom. The molecule has 0 saturated heterocycles. The molecule has 170 valence electrons. The molecule has 28 heavy (non-hydrogen) atoms. The molecule has 1 atom stereocenters. The van der Waals surface area contributed by atoms with Crippen molar-refractivity contribution in [1.82, 2.24) is 0 Å². The first-order valence-electron chi connectivity index (χ1n) is 6.05. The summed E-state index contributed by atoms with van der Waals surface area (Å²) in [6.45, 7) is -0.0345. The largest absolute Gasteiger partial charge is 0.460 e. The van der Waals surface area contributed by atoms with Crippen LogP contribution in [0.1, 0.15) is 6.92 Å². The minimum atomic E-state index is -8.57. The molecule has 0 radical (unpaired) electrons. The zero-order valence-corrected chi connectivity index (χ0v) is 14.5. The van der Waals surface area contributed by atoms with Gasteiger partial charge in [-0.2, -0.15) is 74.6 Å². The smallest absolute Gasteiger partial charge is 0.198 e. The fraction of sp³-hybridized carbons (Fsp3) is 1.00. The van der Waals surface area contributed by atoms with E-state index >= 15 is 0 Å². The van der Waals surface area contributed by atoms with E-state index in [4.69, 9.17) is 0 Å². The van der Waals surface area contributed by atoms with Gasteiger partial charge in [-0.3, -0.25) is 0 Å². The molecule has 0 amide bonds. The van der Waals surface area contributed by atoms with Crippen molar-refractivity contribution in [2.45, 2.75) is 58.5 Å². The van der Waals surface area contributed by atoms with Gasteiger partial charge in [-0.05, 0) is 6.92 Å². The van der Waals surface area contributed by atoms with E-state index in [2.05, 4.69) is 0 Å². The minimum absolute atomic E-state index is 0.0345. The third-order valence-corrected chi connectivity index (χ3v) is 4.03. The Kier molecular flexibility index (Phi) is 6.67. The predicted octanol–water partition coefficient (Wildman–Crippen LogP) is 6.82. The van der Waals surface area contributed by atoms with E-state index in [9.17, 15) is 74.6 Å². The van der Waals surface area contributed by atoms with E-state index in [1.807, 2.05) is 0 Å². The molecule has 18 heteroatoms. The molecular formula is C10H4F17I. The molecule has 0 bridgehead atoms. The molecule has 0 aromatic rings. The van der Waals surface area contributed by atoms with Gasteiger partial charge >= 0.3 is 47.6 Å². The SMILES string of the molecule is CC(I)C(F)(F)C(F)(F)C(F)(F)C(F)(F)C(F)(F)C(F)(F)C(F)(F)C(F)(F)F. The van der Waals surface area contributed by atoms with Gasteiger partial charge in [0.2, 0.25) is 0 Å². The Morgan fingerprint density at radius 2 is 0.643 bits per heavy atom. The second-order valence-electron chi connectivity index (χ2n) is 5.18. The Labute approximate surface area is 156 Å². The van der Waals surface area contributed by atoms with Crippen LogP contribution >= 0.6 is 22.6 Å². The molecule has 0 aliphatic heterocycles. The standard InChI is InChI=1S/C10H4F17I/c1-2(28)3(11,12)4(13,14)5(15,16)6(17,18)7(19,20)8(21,22)9(23,24)10(25,26)27/h2H,1H3. The Morgan fingerprint density at radius 3 is 0.857 bits per heavy atom. The predicted molar refractivity (Wildman–Crippen MR) is 64.2 cm³/mol. The van der Waals surface area contributed by atoms with E-state index in [1.165, 1.54) is 0 Å². The van der Waals surface area contributed by atoms with Crippen molar-refractivity contribution in [1.29, 1.82) is 0 Å². The molecular weight excluding hydrogens is 570 g/mol. The van der Waals surface area contributed by atoms with E-state index < -0.39 is 51.6 Å². The summed E-state index contributed by atoms with van der Waals surface area (Å²) in [5.41, 5.74) is 0. The van der Waals surface area contributed by atoms with Crippen molar-refractivity contribution in [3.05, 3.63) is 0 Å². The Bertz CT molecular complexity index is 571. The van der Waals surface area contributed by atoms with Gasteiger partial charge in [0.25, 0.3) is 0 Å². The molecule has 0 N–H and O–H groups in total. The van der Waals surface area contributed by atoms with Crippen molar-refractivity contribution in [2.24, 2.45) is 0 Å². The van der Waals surface area contributed by atoms with Crippen LogP contribution in [0.2, 0.25) is 0 Å². The molecule has 0 saturated carbocycles. The summed E-state index contributed by atoms with van der Waals surface area (Å²) in [5.74, 6) is -55.8. The van der Waals surface area contributed by atoms with Gasteiger partial charge in [-0.1, -0.05) is 22.6 Å². The molecule has 0 spiro atoms. The Hall–Kier alpha value is -0.460. The van der Waals surface area contributed by atoms with Gasteiger partial charge < -0.3 is 0 Å². The minimum Gasteiger partial charge on any atom is -0.198 e. The first kappa shape index (κ1) is 27.5. The summed E-state index contributed by atoms with van der Waals surface area (Å²) in [6, 6.07) is 0. The van der Waals surface area contributed by atoms with Crippen molar-refractivity contribution >= 4 is 22.6 Å². The van der Waals surface area contributed by atoms with Crippen LogP contribution in [-0.2, 0) is 0 Å². The highest BCUT2D eigenvalue weighted by Crippen LogP contribution is 2.64. The first-order valence-corrected chi connectivity index (χ1v) is 7.29. The van der Waals surface area contributed by atoms with E-state index in [0.717, 1.165) is 0 Å². The van der Waals surface area contributed by atoms with Crippen LogP contribution in [-0.4, -0.2) is 51.6 Å². The summed E-state index contributed by atoms with van der Waals surface area (Å²) < 4.78 is 215. The number of hydrogen-bond acceptors (Lipinski definition) is 0. The van der Waals surface area contributed by atoms with Gasteiger partial charge in [-0.15, -0.1) is 0 Å². The van der Waals surface area contributed by atoms with Crippen molar-refractivity contribution in [2.75, 3.05) is 0 Å². The zero-order chi connectivity index (χ0) is 23.6. The maximum Gasteiger partial charge on any atom is 0.460 e. The number of halogens is 18. The highest BCUT2D eigenvalue weighted by molar-refractivity contribution is 14.1. The van der Waals surface area contributed by atoms with Crippen LogP contribution in [0.25, 0.3) is 0 Å². The van der Waals surface area contributed by atoms with Crippen LogP contribution in [0.3, 0.4) is 0 Å². The van der Waals surface area contributed by atoms with Crippen LogP contribution < -0.4 is 0 Å². The monoisotopic (exact) mass is 574 g/mol. The lowest BCUT2D eigenvalue weighted by Crippen LogP contribution is -2.74. The number of alkyl halides is 18. The van der Waals surface area contributed by atoms with Crippen molar-refractivity contribution in [3.8, 4) is 0 Å². The molecule has 0 nitrogen and oxygen atoms in total. The van der Waals surface area contributed by atoms with Gasteiger partial charge in [0.05, 0.1) is 3.92 Å². The highest BCUT2D eigenvalue weighted by Gasteiger charge is 2.95. The lowest BCUT2D eigenvalue weighted by molar-refractivity contribution is -0.461. The van der Waals surface area contributed by atoms with Crippen LogP contribution in [0.5, 0.6) is 0 Å². The second kappa shape index (κ2) is 6.78. The third-order valence-electron chi connectivity index (χ3n) is 3.25. The summed E-state index contributed by atoms with van der Waals surface area (Å²) in [6.07, 6.45) is -7.74. The second-order valence-corrected chi connectivity index (χ2v) is 7.05. The van der Waals surface area contributed by atoms with Gasteiger partial charge in [-0.25, -0.2) is 0 Å². The maximum atomic E-state index is 13.2. The normalized spacial score (nSPS) is 17.7. The molecule has 0 aliphatic carbocycles. The lowest BCUT2D eigenvalue weighted by atomic mass is 9.88. The topological polar surface area (TPSA) is 0 Å². The van der Waals surface area contributed by atoms with Crippen LogP contribution in [0.4, 0.5) is 74.6 Å². The fourth-order valence-corrected chi connectivity index (χ4v) is 1.82. The summed E-state index contributed by atoms with van der Waals surface area (Å²) >= 11 is 0.226. The molecule has 0 heterocycles. The van der Waals surface area contributed by atoms with E-state index in [0.29, 0.717) is 0 Å². The molecule has 0 aromatic carbocycles. The van der Waals surface area contributed by atoms with Crippen LogP contribution in [0.15, 0.2) is 0 Å². The average Bonchev–Trinajstić information content (AvgIpc) is 2.44. The van der Waals surface area contributed by atoms with Gasteiger partial charge in [0.15, 0.2) is 0 Å². The average molecular weight is 574 g/mol. The van der Waals surface area contributed by atoms with Crippen LogP contribution in [0, 0.1) is 0 Å². The van der Waals surface area contributed by atoms with Gasteiger partial charge in [0.1, 0.15) is 0 Å². The molecule has 1 unspecified atom stereocenters. The maximum absolute atomic E-state index is 13.2. The summed E-state index contributed by atoms with van der Waals surface area (Å²) in [4.78, 5) is 0. The van der Waals surface area contributed by atoms with Crippen molar-refractivity contribution in [3.63, 3.8) is 0 Å². The number of hydrogen-bond donors (Lipinski definition) is 0. The Balaban J connectivity index is 6.72. The molecule has 0 aliphatic rings. The zero-order valence-electron chi connectivity index (χ0n) is 12.4. The fourth-order valence-electron chi connectivity index (χ4n) is 1.43. The van der Waals surface area contributed by atoms with Gasteiger partial charge in [0, 0.05) is 0 Å².